The van der Waals surface area contributed by atoms with Crippen LogP contribution in [0.5, 0.6) is 0 Å². The van der Waals surface area contributed by atoms with Gasteiger partial charge in [0.2, 0.25) is 5.91 Å². The van der Waals surface area contributed by atoms with Crippen molar-refractivity contribution in [2.45, 2.75) is 52.4 Å². The van der Waals surface area contributed by atoms with Crippen molar-refractivity contribution in [2.75, 3.05) is 31.1 Å². The highest BCUT2D eigenvalue weighted by molar-refractivity contribution is 5.78. The molecule has 1 aliphatic heterocycles. The van der Waals surface area contributed by atoms with Gasteiger partial charge in [-0.3, -0.25) is 9.59 Å². The van der Waals surface area contributed by atoms with Crippen LogP contribution < -0.4 is 4.90 Å². The van der Waals surface area contributed by atoms with E-state index in [0.29, 0.717) is 6.42 Å². The van der Waals surface area contributed by atoms with Gasteiger partial charge in [0, 0.05) is 38.3 Å². The van der Waals surface area contributed by atoms with Gasteiger partial charge in [0.1, 0.15) is 0 Å². The number of piperazine rings is 1. The van der Waals surface area contributed by atoms with Crippen LogP contribution in [0.3, 0.4) is 0 Å². The number of nitrogens with zero attached hydrogens (tertiary/aromatic N) is 2. The third kappa shape index (κ3) is 4.19. The van der Waals surface area contributed by atoms with E-state index in [1.165, 1.54) is 16.8 Å². The smallest absolute Gasteiger partial charge is 0.303 e. The highest BCUT2D eigenvalue weighted by Crippen LogP contribution is 2.44. The Labute approximate surface area is 156 Å². The molecule has 1 aromatic carbocycles. The Bertz CT molecular complexity index is 672. The van der Waals surface area contributed by atoms with E-state index in [4.69, 9.17) is 0 Å². The fourth-order valence-electron chi connectivity index (χ4n) is 4.55. The van der Waals surface area contributed by atoms with Gasteiger partial charge in [-0.05, 0) is 49.3 Å². The first-order chi connectivity index (χ1) is 12.4. The third-order valence-electron chi connectivity index (χ3n) is 6.05. The van der Waals surface area contributed by atoms with Gasteiger partial charge in [-0.25, -0.2) is 0 Å². The Morgan fingerprint density at radius 2 is 1.69 bits per heavy atom. The first-order valence-corrected chi connectivity index (χ1v) is 9.70. The lowest BCUT2D eigenvalue weighted by molar-refractivity contribution is -0.141. The van der Waals surface area contributed by atoms with Gasteiger partial charge in [0.15, 0.2) is 0 Å². The maximum atomic E-state index is 12.8. The molecule has 0 spiro atoms. The molecule has 1 saturated carbocycles. The van der Waals surface area contributed by atoms with E-state index in [0.717, 1.165) is 51.9 Å². The summed E-state index contributed by atoms with van der Waals surface area (Å²) in [7, 11) is 0. The lowest BCUT2D eigenvalue weighted by Crippen LogP contribution is -2.50. The van der Waals surface area contributed by atoms with Gasteiger partial charge in [0.05, 0.1) is 6.42 Å². The molecule has 5 nitrogen and oxygen atoms in total. The van der Waals surface area contributed by atoms with E-state index >= 15 is 0 Å². The maximum absolute atomic E-state index is 12.8. The number of aliphatic carboxylic acids is 1. The van der Waals surface area contributed by atoms with E-state index in [1.54, 1.807) is 0 Å². The van der Waals surface area contributed by atoms with Gasteiger partial charge in [0.25, 0.3) is 0 Å². The molecule has 5 heteroatoms. The molecule has 1 heterocycles. The molecule has 0 aromatic heterocycles. The zero-order chi connectivity index (χ0) is 18.7. The molecule has 2 aliphatic rings. The molecule has 0 atom stereocenters. The number of carbonyl (C=O) groups is 2. The molecule has 0 unspecified atom stereocenters. The molecule has 3 rings (SSSR count). The van der Waals surface area contributed by atoms with Crippen LogP contribution in [0.2, 0.25) is 0 Å². The quantitative estimate of drug-likeness (QED) is 0.877. The lowest BCUT2D eigenvalue weighted by Gasteiger charge is -2.38. The van der Waals surface area contributed by atoms with Crippen molar-refractivity contribution in [3.8, 4) is 0 Å². The number of rotatable bonds is 5. The molecule has 1 N–H and O–H groups in total. The second-order valence-electron chi connectivity index (χ2n) is 8.11. The number of hydrogen-bond acceptors (Lipinski definition) is 3. The molecule has 0 bridgehead atoms. The van der Waals surface area contributed by atoms with Crippen LogP contribution in [0.25, 0.3) is 0 Å². The Hall–Kier alpha value is -2.04. The van der Waals surface area contributed by atoms with E-state index in [-0.39, 0.29) is 17.7 Å². The summed E-state index contributed by atoms with van der Waals surface area (Å²) < 4.78 is 0. The summed E-state index contributed by atoms with van der Waals surface area (Å²) in [6.45, 7) is 7.34. The average Bonchev–Trinajstić information content (AvgIpc) is 3.04. The summed E-state index contributed by atoms with van der Waals surface area (Å²) >= 11 is 0. The molecule has 1 amide bonds. The SMILES string of the molecule is Cc1ccc(C)c(N2CCN(C(=O)CC3(CC(=O)O)CCCC3)CC2)c1. The van der Waals surface area contributed by atoms with Crippen molar-refractivity contribution in [3.05, 3.63) is 29.3 Å². The van der Waals surface area contributed by atoms with Crippen LogP contribution in [0.1, 0.15) is 49.7 Å². The van der Waals surface area contributed by atoms with Crippen LogP contribution in [0, 0.1) is 19.3 Å². The minimum Gasteiger partial charge on any atom is -0.481 e. The van der Waals surface area contributed by atoms with E-state index in [1.807, 2.05) is 4.90 Å². The Balaban J connectivity index is 1.59. The van der Waals surface area contributed by atoms with Crippen molar-refractivity contribution < 1.29 is 14.7 Å². The molecule has 26 heavy (non-hydrogen) atoms. The summed E-state index contributed by atoms with van der Waals surface area (Å²) in [4.78, 5) is 28.4. The van der Waals surface area contributed by atoms with Crippen LogP contribution in [-0.2, 0) is 9.59 Å². The monoisotopic (exact) mass is 358 g/mol. The maximum Gasteiger partial charge on any atom is 0.303 e. The number of amides is 1. The summed E-state index contributed by atoms with van der Waals surface area (Å²) in [5.74, 6) is -0.645. The Kier molecular flexibility index (Phi) is 5.54. The first-order valence-electron chi connectivity index (χ1n) is 9.70. The normalized spacial score (nSPS) is 19.6. The largest absolute Gasteiger partial charge is 0.481 e. The molecule has 1 saturated heterocycles. The van der Waals surface area contributed by atoms with E-state index in [2.05, 4.69) is 36.9 Å². The Morgan fingerprint density at radius 3 is 2.31 bits per heavy atom. The fraction of sp³-hybridized carbons (Fsp3) is 0.619. The van der Waals surface area contributed by atoms with Crippen LogP contribution in [-0.4, -0.2) is 48.1 Å². The average molecular weight is 358 g/mol. The minimum absolute atomic E-state index is 0.126. The van der Waals surface area contributed by atoms with Gasteiger partial charge < -0.3 is 14.9 Å². The van der Waals surface area contributed by atoms with Crippen LogP contribution >= 0.6 is 0 Å². The number of carbonyl (C=O) groups excluding carboxylic acids is 1. The zero-order valence-electron chi connectivity index (χ0n) is 16.0. The van der Waals surface area contributed by atoms with Crippen molar-refractivity contribution >= 4 is 17.6 Å². The topological polar surface area (TPSA) is 60.9 Å². The van der Waals surface area contributed by atoms with Crippen molar-refractivity contribution in [2.24, 2.45) is 5.41 Å². The molecule has 2 fully saturated rings. The fourth-order valence-corrected chi connectivity index (χ4v) is 4.55. The highest BCUT2D eigenvalue weighted by atomic mass is 16.4. The number of hydrogen-bond donors (Lipinski definition) is 1. The molecule has 1 aromatic rings. The summed E-state index contributed by atoms with van der Waals surface area (Å²) in [6.07, 6.45) is 4.34. The molecule has 0 radical (unpaired) electrons. The second-order valence-corrected chi connectivity index (χ2v) is 8.11. The lowest BCUT2D eigenvalue weighted by atomic mass is 9.79. The second kappa shape index (κ2) is 7.68. The van der Waals surface area contributed by atoms with Crippen molar-refractivity contribution in [3.63, 3.8) is 0 Å². The highest BCUT2D eigenvalue weighted by Gasteiger charge is 2.39. The number of benzene rings is 1. The molecular weight excluding hydrogens is 328 g/mol. The minimum atomic E-state index is -0.778. The number of carboxylic acid groups (broad SMARTS) is 1. The van der Waals surface area contributed by atoms with Gasteiger partial charge in [-0.1, -0.05) is 25.0 Å². The zero-order valence-corrected chi connectivity index (χ0v) is 16.0. The van der Waals surface area contributed by atoms with Crippen LogP contribution in [0.4, 0.5) is 5.69 Å². The predicted molar refractivity (Wildman–Crippen MR) is 102 cm³/mol. The standard InChI is InChI=1S/C21H30N2O3/c1-16-5-6-17(2)18(13-16)22-9-11-23(12-10-22)19(24)14-21(15-20(25)26)7-3-4-8-21/h5-6,13H,3-4,7-12,14-15H2,1-2H3,(H,25,26). The van der Waals surface area contributed by atoms with Crippen molar-refractivity contribution in [1.82, 2.24) is 4.90 Å². The van der Waals surface area contributed by atoms with E-state index < -0.39 is 5.97 Å². The van der Waals surface area contributed by atoms with Gasteiger partial charge >= 0.3 is 5.97 Å². The van der Waals surface area contributed by atoms with E-state index in [9.17, 15) is 14.7 Å². The number of anilines is 1. The van der Waals surface area contributed by atoms with Gasteiger partial charge in [-0.2, -0.15) is 0 Å². The summed E-state index contributed by atoms with van der Waals surface area (Å²) in [5.41, 5.74) is 3.46. The number of carboxylic acids is 1. The molecular formula is C21H30N2O3. The number of aryl methyl sites for hydroxylation is 2. The molecule has 1 aliphatic carbocycles. The summed E-state index contributed by atoms with van der Waals surface area (Å²) in [6, 6.07) is 6.49. The predicted octanol–water partition coefficient (Wildman–Crippen LogP) is 3.38. The third-order valence-corrected chi connectivity index (χ3v) is 6.05. The van der Waals surface area contributed by atoms with Gasteiger partial charge in [-0.15, -0.1) is 0 Å². The van der Waals surface area contributed by atoms with Crippen molar-refractivity contribution in [1.29, 1.82) is 0 Å². The Morgan fingerprint density at radius 1 is 1.04 bits per heavy atom. The van der Waals surface area contributed by atoms with Crippen LogP contribution in [0.15, 0.2) is 18.2 Å². The first kappa shape index (κ1) is 18.7. The summed E-state index contributed by atoms with van der Waals surface area (Å²) in [5, 5.41) is 9.24. The molecule has 142 valence electrons.